The second kappa shape index (κ2) is 5.98. The van der Waals surface area contributed by atoms with Crippen LogP contribution in [0.2, 0.25) is 0 Å². The molecule has 6 aliphatic rings. The van der Waals surface area contributed by atoms with Gasteiger partial charge in [-0.25, -0.2) is 0 Å². The van der Waals surface area contributed by atoms with Gasteiger partial charge < -0.3 is 19.7 Å². The third-order valence-electron chi connectivity index (χ3n) is 10.2. The molecule has 2 spiro atoms. The standard InChI is InChI=1S/C26H37NO4/c1-15-6-9-18(28)21-20(15)25-12-13-27(17-7-8-17)16(2)24(25)10-11-26(30-5,22(25)31-21)19(14-24)23(3,4)29/h6,9,16-17,19,22,28-29H,7-8,10-14H2,1-5H3/t16-,19-,22-,24-,25+,26-/m1/s1. The molecule has 0 unspecified atom stereocenters. The maximum Gasteiger partial charge on any atom is 0.165 e. The summed E-state index contributed by atoms with van der Waals surface area (Å²) >= 11 is 0. The lowest BCUT2D eigenvalue weighted by atomic mass is 9.35. The molecule has 5 heteroatoms. The Balaban J connectivity index is 1.63. The van der Waals surface area contributed by atoms with Crippen LogP contribution >= 0.6 is 0 Å². The molecule has 0 amide bonds. The van der Waals surface area contributed by atoms with E-state index in [4.69, 9.17) is 9.47 Å². The van der Waals surface area contributed by atoms with E-state index in [1.807, 2.05) is 13.8 Å². The maximum atomic E-state index is 11.4. The molecule has 7 rings (SSSR count). The van der Waals surface area contributed by atoms with E-state index in [2.05, 4.69) is 24.8 Å². The number of aromatic hydroxyl groups is 1. The van der Waals surface area contributed by atoms with Crippen molar-refractivity contribution in [1.29, 1.82) is 0 Å². The van der Waals surface area contributed by atoms with E-state index in [9.17, 15) is 10.2 Å². The first-order chi connectivity index (χ1) is 14.6. The van der Waals surface area contributed by atoms with Crippen LogP contribution in [0.3, 0.4) is 0 Å². The zero-order chi connectivity index (χ0) is 22.0. The molecule has 2 heterocycles. The average Bonchev–Trinajstić information content (AvgIpc) is 3.49. The van der Waals surface area contributed by atoms with Gasteiger partial charge >= 0.3 is 0 Å². The van der Waals surface area contributed by atoms with E-state index in [0.717, 1.165) is 32.2 Å². The van der Waals surface area contributed by atoms with Crippen LogP contribution in [0.1, 0.15) is 70.4 Å². The van der Waals surface area contributed by atoms with Gasteiger partial charge in [0.25, 0.3) is 0 Å². The normalized spacial score (nSPS) is 43.9. The van der Waals surface area contributed by atoms with Crippen LogP contribution in [0.25, 0.3) is 0 Å². The van der Waals surface area contributed by atoms with E-state index < -0.39 is 11.2 Å². The molecule has 31 heavy (non-hydrogen) atoms. The number of piperidine rings is 1. The second-order valence-electron chi connectivity index (χ2n) is 11.7. The Morgan fingerprint density at radius 1 is 1.19 bits per heavy atom. The summed E-state index contributed by atoms with van der Waals surface area (Å²) in [5, 5.41) is 22.2. The van der Waals surface area contributed by atoms with Crippen LogP contribution in [0.4, 0.5) is 0 Å². The minimum Gasteiger partial charge on any atom is -0.504 e. The molecule has 4 aliphatic carbocycles. The van der Waals surface area contributed by atoms with Gasteiger partial charge in [-0.3, -0.25) is 4.90 Å². The van der Waals surface area contributed by atoms with Crippen molar-refractivity contribution in [3.8, 4) is 11.5 Å². The van der Waals surface area contributed by atoms with Crippen LogP contribution in [0.5, 0.6) is 11.5 Å². The Labute approximate surface area is 185 Å². The number of fused-ring (bicyclic) bond motifs is 3. The number of ether oxygens (including phenoxy) is 2. The first-order valence-corrected chi connectivity index (χ1v) is 12.2. The Hall–Kier alpha value is -1.30. The van der Waals surface area contributed by atoms with Gasteiger partial charge in [-0.2, -0.15) is 0 Å². The van der Waals surface area contributed by atoms with Crippen molar-refractivity contribution < 1.29 is 19.7 Å². The lowest BCUT2D eigenvalue weighted by Gasteiger charge is -2.73. The molecule has 5 fully saturated rings. The molecular formula is C26H37NO4. The molecule has 0 radical (unpaired) electrons. The summed E-state index contributed by atoms with van der Waals surface area (Å²) < 4.78 is 13.2. The summed E-state index contributed by atoms with van der Waals surface area (Å²) in [5.41, 5.74) is 0.806. The van der Waals surface area contributed by atoms with Gasteiger partial charge in [-0.1, -0.05) is 6.07 Å². The fourth-order valence-electron chi connectivity index (χ4n) is 8.85. The van der Waals surface area contributed by atoms with E-state index in [1.165, 1.54) is 24.0 Å². The van der Waals surface area contributed by atoms with Crippen LogP contribution in [0, 0.1) is 18.3 Å². The lowest BCUT2D eigenvalue weighted by molar-refractivity contribution is -0.296. The monoisotopic (exact) mass is 427 g/mol. The Kier molecular flexibility index (Phi) is 3.92. The van der Waals surface area contributed by atoms with Gasteiger partial charge in [-0.05, 0) is 89.8 Å². The fraction of sp³-hybridized carbons (Fsp3) is 0.769. The first kappa shape index (κ1) is 20.3. The molecule has 2 aliphatic heterocycles. The smallest absolute Gasteiger partial charge is 0.165 e. The maximum absolute atomic E-state index is 11.4. The molecule has 2 bridgehead atoms. The predicted molar refractivity (Wildman–Crippen MR) is 119 cm³/mol. The molecule has 5 nitrogen and oxygen atoms in total. The number of hydrogen-bond donors (Lipinski definition) is 2. The number of phenols is 1. The van der Waals surface area contributed by atoms with Gasteiger partial charge in [0.2, 0.25) is 0 Å². The van der Waals surface area contributed by atoms with Crippen LogP contribution in [-0.2, 0) is 10.2 Å². The molecule has 1 aromatic carbocycles. The number of aryl methyl sites for hydroxylation is 1. The van der Waals surface area contributed by atoms with Crippen molar-refractivity contribution in [3.05, 3.63) is 23.3 Å². The Morgan fingerprint density at radius 3 is 2.58 bits per heavy atom. The van der Waals surface area contributed by atoms with Crippen LogP contribution < -0.4 is 4.74 Å². The van der Waals surface area contributed by atoms with Crippen molar-refractivity contribution in [2.24, 2.45) is 11.3 Å². The number of likely N-dealkylation sites (tertiary alicyclic amines) is 1. The molecule has 6 atom stereocenters. The third kappa shape index (κ3) is 2.19. The van der Waals surface area contributed by atoms with E-state index in [0.29, 0.717) is 17.8 Å². The zero-order valence-electron chi connectivity index (χ0n) is 19.6. The van der Waals surface area contributed by atoms with Crippen molar-refractivity contribution in [1.82, 2.24) is 4.90 Å². The van der Waals surface area contributed by atoms with Gasteiger partial charge in [0.1, 0.15) is 11.7 Å². The number of phenolic OH excluding ortho intramolecular Hbond substituents is 1. The van der Waals surface area contributed by atoms with Crippen LogP contribution in [-0.4, -0.2) is 58.2 Å². The highest BCUT2D eigenvalue weighted by Crippen LogP contribution is 2.75. The van der Waals surface area contributed by atoms with Crippen molar-refractivity contribution in [3.63, 3.8) is 0 Å². The summed E-state index contributed by atoms with van der Waals surface area (Å²) in [6.45, 7) is 9.54. The number of benzene rings is 1. The van der Waals surface area contributed by atoms with Gasteiger partial charge in [0.15, 0.2) is 11.5 Å². The zero-order valence-corrected chi connectivity index (χ0v) is 19.6. The average molecular weight is 428 g/mol. The van der Waals surface area contributed by atoms with Gasteiger partial charge in [0, 0.05) is 36.1 Å². The van der Waals surface area contributed by atoms with Crippen LogP contribution in [0.15, 0.2) is 12.1 Å². The molecule has 1 aromatic rings. The quantitative estimate of drug-likeness (QED) is 0.766. The first-order valence-electron chi connectivity index (χ1n) is 12.2. The third-order valence-corrected chi connectivity index (χ3v) is 10.2. The molecule has 170 valence electrons. The number of aliphatic hydroxyl groups is 1. The minimum atomic E-state index is -0.869. The van der Waals surface area contributed by atoms with E-state index >= 15 is 0 Å². The number of methoxy groups -OCH3 is 1. The molecule has 1 saturated heterocycles. The molecular weight excluding hydrogens is 390 g/mol. The molecule has 0 aromatic heterocycles. The Morgan fingerprint density at radius 2 is 1.94 bits per heavy atom. The van der Waals surface area contributed by atoms with Gasteiger partial charge in [-0.15, -0.1) is 0 Å². The highest BCUT2D eigenvalue weighted by atomic mass is 16.6. The summed E-state index contributed by atoms with van der Waals surface area (Å²) in [6.07, 6.45) is 6.35. The fourth-order valence-corrected chi connectivity index (χ4v) is 8.85. The summed E-state index contributed by atoms with van der Waals surface area (Å²) in [5.74, 6) is 0.888. The highest BCUT2D eigenvalue weighted by Gasteiger charge is 2.80. The summed E-state index contributed by atoms with van der Waals surface area (Å²) in [7, 11) is 1.80. The summed E-state index contributed by atoms with van der Waals surface area (Å²) in [6, 6.07) is 4.94. The molecule has 2 N–H and O–H groups in total. The topological polar surface area (TPSA) is 62.2 Å². The van der Waals surface area contributed by atoms with Crippen molar-refractivity contribution in [2.75, 3.05) is 13.7 Å². The van der Waals surface area contributed by atoms with Crippen molar-refractivity contribution in [2.45, 2.75) is 101 Å². The molecule has 4 saturated carbocycles. The number of rotatable bonds is 3. The largest absolute Gasteiger partial charge is 0.504 e. The number of hydrogen-bond acceptors (Lipinski definition) is 5. The van der Waals surface area contributed by atoms with Gasteiger partial charge in [0.05, 0.1) is 5.60 Å². The highest BCUT2D eigenvalue weighted by molar-refractivity contribution is 5.61. The number of nitrogens with zero attached hydrogens (tertiary/aromatic N) is 1. The predicted octanol–water partition coefficient (Wildman–Crippen LogP) is 3.91. The van der Waals surface area contributed by atoms with E-state index in [1.54, 1.807) is 13.2 Å². The second-order valence-corrected chi connectivity index (χ2v) is 11.7. The lowest BCUT2D eigenvalue weighted by Crippen LogP contribution is -2.81. The summed E-state index contributed by atoms with van der Waals surface area (Å²) in [4.78, 5) is 2.75. The van der Waals surface area contributed by atoms with Crippen molar-refractivity contribution >= 4 is 0 Å². The SMILES string of the molecule is CO[C@]12CC[C@@]3(C[C@@H]1C(C)(C)O)[C@@H](C)N(C1CC1)CC[C@@]31c3c(C)ccc(O)c3O[C@@H]21. The van der Waals surface area contributed by atoms with E-state index in [-0.39, 0.29) is 28.6 Å². The minimum absolute atomic E-state index is 0.00669. The Bertz CT molecular complexity index is 936.